The van der Waals surface area contributed by atoms with Gasteiger partial charge in [-0.25, -0.2) is 0 Å². The van der Waals surface area contributed by atoms with E-state index in [0.717, 1.165) is 17.7 Å². The summed E-state index contributed by atoms with van der Waals surface area (Å²) in [5.74, 6) is 0.973. The van der Waals surface area contributed by atoms with Crippen LogP contribution in [-0.2, 0) is 0 Å². The average Bonchev–Trinajstić information content (AvgIpc) is 2.88. The fourth-order valence-corrected chi connectivity index (χ4v) is 4.92. The molecule has 1 aliphatic rings. The van der Waals surface area contributed by atoms with Crippen LogP contribution in [0.25, 0.3) is 22.3 Å². The average molecular weight is 446 g/mol. The molecule has 2 bridgehead atoms. The zero-order valence-corrected chi connectivity index (χ0v) is 20.2. The van der Waals surface area contributed by atoms with E-state index in [2.05, 4.69) is 129 Å². The molecule has 1 heterocycles. The Morgan fingerprint density at radius 2 is 1.38 bits per heavy atom. The van der Waals surface area contributed by atoms with E-state index < -0.39 is 0 Å². The smallest absolute Gasteiger partial charge is 0.127 e. The van der Waals surface area contributed by atoms with Gasteiger partial charge in [-0.05, 0) is 65.5 Å². The first-order chi connectivity index (χ1) is 16.7. The number of hydrogen-bond acceptors (Lipinski definition) is 2. The number of nitrogens with zero attached hydrogens (tertiary/aromatic N) is 1. The lowest BCUT2D eigenvalue weighted by Gasteiger charge is -2.30. The van der Waals surface area contributed by atoms with E-state index in [0.29, 0.717) is 12.6 Å². The molecular weight excluding hydrogens is 414 g/mol. The minimum absolute atomic E-state index is 0.313. The van der Waals surface area contributed by atoms with Crippen molar-refractivity contribution in [3.63, 3.8) is 0 Å². The third-order valence-corrected chi connectivity index (χ3v) is 6.74. The molecule has 0 amide bonds. The fourth-order valence-electron chi connectivity index (χ4n) is 4.92. The highest BCUT2D eigenvalue weighted by atomic mass is 16.5. The van der Waals surface area contributed by atoms with Crippen LogP contribution >= 0.6 is 0 Å². The van der Waals surface area contributed by atoms with E-state index in [-0.39, 0.29) is 0 Å². The highest BCUT2D eigenvalue weighted by Gasteiger charge is 2.23. The van der Waals surface area contributed by atoms with E-state index in [1.54, 1.807) is 0 Å². The Labute approximate surface area is 203 Å². The maximum atomic E-state index is 6.15. The highest BCUT2D eigenvalue weighted by Crippen LogP contribution is 2.39. The van der Waals surface area contributed by atoms with Gasteiger partial charge >= 0.3 is 0 Å². The Morgan fingerprint density at radius 3 is 2.00 bits per heavy atom. The van der Waals surface area contributed by atoms with Crippen molar-refractivity contribution in [2.24, 2.45) is 0 Å². The van der Waals surface area contributed by atoms with Crippen molar-refractivity contribution in [2.45, 2.75) is 19.4 Å². The van der Waals surface area contributed by atoms with E-state index in [1.807, 2.05) is 0 Å². The van der Waals surface area contributed by atoms with Crippen molar-refractivity contribution in [1.29, 1.82) is 0 Å². The molecule has 170 valence electrons. The van der Waals surface area contributed by atoms with Crippen molar-refractivity contribution < 1.29 is 4.74 Å². The quantitative estimate of drug-likeness (QED) is 0.282. The molecule has 4 aromatic rings. The summed E-state index contributed by atoms with van der Waals surface area (Å²) in [7, 11) is 4.20. The van der Waals surface area contributed by atoms with Crippen LogP contribution in [0.15, 0.2) is 103 Å². The van der Waals surface area contributed by atoms with Gasteiger partial charge in [-0.15, -0.1) is 0 Å². The Hall–Kier alpha value is -3.62. The van der Waals surface area contributed by atoms with Gasteiger partial charge in [-0.3, -0.25) is 4.90 Å². The van der Waals surface area contributed by atoms with E-state index in [1.165, 1.54) is 39.0 Å². The lowest BCUT2D eigenvalue weighted by Crippen LogP contribution is -2.28. The fraction of sp³-hybridized carbons (Fsp3) is 0.188. The Balaban J connectivity index is 1.57. The van der Waals surface area contributed by atoms with Gasteiger partial charge < -0.3 is 4.74 Å². The summed E-state index contributed by atoms with van der Waals surface area (Å²) in [4.78, 5) is 2.21. The normalized spacial score (nSPS) is 15.6. The third-order valence-electron chi connectivity index (χ3n) is 6.74. The number of ether oxygens (including phenoxy) is 1. The lowest BCUT2D eigenvalue weighted by molar-refractivity contribution is 0.176. The van der Waals surface area contributed by atoms with Crippen LogP contribution in [0.3, 0.4) is 0 Å². The summed E-state index contributed by atoms with van der Waals surface area (Å²) in [6, 6.07) is 37.4. The van der Waals surface area contributed by atoms with Gasteiger partial charge in [0.25, 0.3) is 0 Å². The molecule has 1 unspecified atom stereocenters. The molecule has 0 fully saturated rings. The molecule has 0 radical (unpaired) electrons. The predicted octanol–water partition coefficient (Wildman–Crippen LogP) is 7.72. The zero-order valence-electron chi connectivity index (χ0n) is 20.2. The second-order valence-electron chi connectivity index (χ2n) is 9.06. The number of hydrogen-bond donors (Lipinski definition) is 0. The molecule has 0 aromatic heterocycles. The van der Waals surface area contributed by atoms with E-state index in [9.17, 15) is 0 Å². The molecular formula is C32H31NO. The van der Waals surface area contributed by atoms with E-state index in [4.69, 9.17) is 4.74 Å². The van der Waals surface area contributed by atoms with Gasteiger partial charge in [0.15, 0.2) is 0 Å². The molecule has 0 saturated carbocycles. The summed E-state index contributed by atoms with van der Waals surface area (Å²) >= 11 is 0. The second-order valence-corrected chi connectivity index (χ2v) is 9.06. The summed E-state index contributed by atoms with van der Waals surface area (Å²) in [6.45, 7) is 2.93. The monoisotopic (exact) mass is 445 g/mol. The molecule has 4 aromatic carbocycles. The summed E-state index contributed by atoms with van der Waals surface area (Å²) in [5, 5.41) is 0. The number of rotatable bonds is 6. The third kappa shape index (κ3) is 4.30. The molecule has 0 saturated heterocycles. The zero-order chi connectivity index (χ0) is 23.5. The van der Waals surface area contributed by atoms with Crippen molar-refractivity contribution in [2.75, 3.05) is 20.7 Å². The first-order valence-corrected chi connectivity index (χ1v) is 12.0. The minimum atomic E-state index is 0.313. The van der Waals surface area contributed by atoms with Crippen molar-refractivity contribution in [1.82, 2.24) is 4.90 Å². The molecule has 2 heteroatoms. The first-order valence-electron chi connectivity index (χ1n) is 12.0. The molecule has 5 rings (SSSR count). The topological polar surface area (TPSA) is 12.5 Å². The highest BCUT2D eigenvalue weighted by molar-refractivity contribution is 5.98. The molecule has 34 heavy (non-hydrogen) atoms. The lowest BCUT2D eigenvalue weighted by atomic mass is 9.87. The Kier molecular flexibility index (Phi) is 6.33. The number of benzene rings is 4. The predicted molar refractivity (Wildman–Crippen MR) is 143 cm³/mol. The van der Waals surface area contributed by atoms with Gasteiger partial charge in [0.05, 0.1) is 6.04 Å². The first kappa shape index (κ1) is 22.2. The Bertz CT molecular complexity index is 1290. The SMILES string of the molecule is CC/C(=C(/c1ccccc1)c1ccc(-c2ccc3cc2OCC3N(C)C)cc1)c1ccccc1. The van der Waals surface area contributed by atoms with Crippen molar-refractivity contribution in [3.05, 3.63) is 125 Å². The molecule has 0 aliphatic carbocycles. The molecule has 1 atom stereocenters. The van der Waals surface area contributed by atoms with Crippen molar-refractivity contribution in [3.8, 4) is 16.9 Å². The molecule has 0 spiro atoms. The van der Waals surface area contributed by atoms with Gasteiger partial charge in [0, 0.05) is 5.56 Å². The van der Waals surface area contributed by atoms with Gasteiger partial charge in [0.2, 0.25) is 0 Å². The number of allylic oxidation sites excluding steroid dienone is 1. The van der Waals surface area contributed by atoms with Crippen LogP contribution in [0.5, 0.6) is 5.75 Å². The minimum Gasteiger partial charge on any atom is -0.491 e. The van der Waals surface area contributed by atoms with Gasteiger partial charge in [-0.2, -0.15) is 0 Å². The van der Waals surface area contributed by atoms with Crippen LogP contribution < -0.4 is 4.74 Å². The van der Waals surface area contributed by atoms with Crippen LogP contribution in [0, 0.1) is 0 Å². The maximum absolute atomic E-state index is 6.15. The molecule has 0 N–H and O–H groups in total. The second kappa shape index (κ2) is 9.70. The van der Waals surface area contributed by atoms with Crippen molar-refractivity contribution >= 4 is 11.1 Å². The molecule has 1 aliphatic heterocycles. The van der Waals surface area contributed by atoms with Gasteiger partial charge in [-0.1, -0.05) is 104 Å². The standard InChI is InChI=1S/C32H31NO/c1-4-28(23-11-7-5-8-12-23)32(25-13-9-6-10-14-25)26-17-15-24(16-18-26)29-20-19-27-21-31(29)34-22-30(27)33(2)3/h5-21,30H,4,22H2,1-3H3/b32-28+. The van der Waals surface area contributed by atoms with Crippen LogP contribution in [0.1, 0.15) is 41.6 Å². The summed E-state index contributed by atoms with van der Waals surface area (Å²) < 4.78 is 6.15. The Morgan fingerprint density at radius 1 is 0.765 bits per heavy atom. The van der Waals surface area contributed by atoms with Crippen LogP contribution in [0.4, 0.5) is 0 Å². The van der Waals surface area contributed by atoms with Gasteiger partial charge in [0.1, 0.15) is 12.4 Å². The molecule has 2 nitrogen and oxygen atoms in total. The number of fused-ring (bicyclic) bond motifs is 2. The number of likely N-dealkylation sites (N-methyl/N-ethyl adjacent to an activating group) is 1. The maximum Gasteiger partial charge on any atom is 0.127 e. The summed E-state index contributed by atoms with van der Waals surface area (Å²) in [5.41, 5.74) is 10.0. The van der Waals surface area contributed by atoms with E-state index >= 15 is 0 Å². The largest absolute Gasteiger partial charge is 0.491 e. The van der Waals surface area contributed by atoms with Crippen LogP contribution in [-0.4, -0.2) is 25.6 Å². The summed E-state index contributed by atoms with van der Waals surface area (Å²) in [6.07, 6.45) is 0.961. The van der Waals surface area contributed by atoms with Crippen LogP contribution in [0.2, 0.25) is 0 Å².